The molecule has 0 unspecified atom stereocenters. The first-order valence-corrected chi connectivity index (χ1v) is 7.23. The minimum Gasteiger partial charge on any atom is -0.478 e. The minimum absolute atomic E-state index is 0.250. The molecule has 0 amide bonds. The highest BCUT2D eigenvalue weighted by molar-refractivity contribution is 7.99. The number of hydrogen-bond donors (Lipinski definition) is 1. The van der Waals surface area contributed by atoms with Crippen molar-refractivity contribution in [2.75, 3.05) is 0 Å². The summed E-state index contributed by atoms with van der Waals surface area (Å²) < 4.78 is 0. The summed E-state index contributed by atoms with van der Waals surface area (Å²) in [6.45, 7) is 5.54. The van der Waals surface area contributed by atoms with E-state index < -0.39 is 5.97 Å². The lowest BCUT2D eigenvalue weighted by Crippen LogP contribution is -2.05. The fraction of sp³-hybridized carbons (Fsp3) is 0.200. The molecule has 1 N–H and O–H groups in total. The van der Waals surface area contributed by atoms with Crippen LogP contribution in [0.1, 0.15) is 27.3 Å². The Morgan fingerprint density at radius 1 is 1.20 bits per heavy atom. The van der Waals surface area contributed by atoms with Gasteiger partial charge in [-0.2, -0.15) is 0 Å². The van der Waals surface area contributed by atoms with E-state index in [1.165, 1.54) is 11.8 Å². The summed E-state index contributed by atoms with van der Waals surface area (Å²) in [7, 11) is 0. The van der Waals surface area contributed by atoms with Crippen molar-refractivity contribution in [1.82, 2.24) is 4.98 Å². The molecule has 0 saturated heterocycles. The van der Waals surface area contributed by atoms with Gasteiger partial charge in [-0.3, -0.25) is 4.98 Å². The predicted octanol–water partition coefficient (Wildman–Crippen LogP) is 4.51. The lowest BCUT2D eigenvalue weighted by Gasteiger charge is -2.11. The lowest BCUT2D eigenvalue weighted by atomic mass is 10.2. The summed E-state index contributed by atoms with van der Waals surface area (Å²) in [5.41, 5.74) is 2.64. The van der Waals surface area contributed by atoms with E-state index in [0.29, 0.717) is 15.6 Å². The number of halogens is 1. The highest BCUT2D eigenvalue weighted by Crippen LogP contribution is 2.35. The van der Waals surface area contributed by atoms with Crippen LogP contribution in [-0.2, 0) is 0 Å². The SMILES string of the molecule is Cc1cc(Sc2cc(Cl)ccc2C)c(C(=O)O)c(C)n1. The van der Waals surface area contributed by atoms with E-state index in [9.17, 15) is 9.90 Å². The maximum absolute atomic E-state index is 11.4. The summed E-state index contributed by atoms with van der Waals surface area (Å²) >= 11 is 7.41. The van der Waals surface area contributed by atoms with Crippen molar-refractivity contribution < 1.29 is 9.90 Å². The highest BCUT2D eigenvalue weighted by atomic mass is 35.5. The van der Waals surface area contributed by atoms with Crippen molar-refractivity contribution in [3.8, 4) is 0 Å². The first-order chi connectivity index (χ1) is 9.38. The van der Waals surface area contributed by atoms with Gasteiger partial charge in [-0.25, -0.2) is 4.79 Å². The predicted molar refractivity (Wildman–Crippen MR) is 81.0 cm³/mol. The van der Waals surface area contributed by atoms with E-state index in [-0.39, 0.29) is 5.56 Å². The number of carbonyl (C=O) groups is 1. The third kappa shape index (κ3) is 3.14. The number of carboxylic acids is 1. The smallest absolute Gasteiger partial charge is 0.338 e. The molecule has 0 atom stereocenters. The number of benzene rings is 1. The number of pyridine rings is 1. The summed E-state index contributed by atoms with van der Waals surface area (Å²) in [5, 5.41) is 10.00. The Morgan fingerprint density at radius 3 is 2.55 bits per heavy atom. The lowest BCUT2D eigenvalue weighted by molar-refractivity contribution is 0.0691. The molecule has 0 aliphatic carbocycles. The zero-order chi connectivity index (χ0) is 14.9. The van der Waals surface area contributed by atoms with Crippen LogP contribution in [0.4, 0.5) is 0 Å². The number of aromatic carboxylic acids is 1. The Balaban J connectivity index is 2.53. The van der Waals surface area contributed by atoms with Crippen molar-refractivity contribution in [2.24, 2.45) is 0 Å². The Bertz CT molecular complexity index is 686. The molecule has 1 aromatic carbocycles. The van der Waals surface area contributed by atoms with Gasteiger partial charge < -0.3 is 5.11 Å². The first-order valence-electron chi connectivity index (χ1n) is 6.04. The molecule has 3 nitrogen and oxygen atoms in total. The van der Waals surface area contributed by atoms with E-state index in [4.69, 9.17) is 11.6 Å². The second-order valence-electron chi connectivity index (χ2n) is 4.54. The first kappa shape index (κ1) is 14.9. The van der Waals surface area contributed by atoms with Gasteiger partial charge in [0.1, 0.15) is 0 Å². The van der Waals surface area contributed by atoms with Crippen LogP contribution in [-0.4, -0.2) is 16.1 Å². The summed E-state index contributed by atoms with van der Waals surface area (Å²) in [4.78, 5) is 17.3. The van der Waals surface area contributed by atoms with Crippen molar-refractivity contribution in [3.63, 3.8) is 0 Å². The molecule has 2 aromatic rings. The number of hydrogen-bond acceptors (Lipinski definition) is 3. The van der Waals surface area contributed by atoms with Crippen LogP contribution < -0.4 is 0 Å². The van der Waals surface area contributed by atoms with Crippen LogP contribution in [0.25, 0.3) is 0 Å². The van der Waals surface area contributed by atoms with Crippen molar-refractivity contribution in [2.45, 2.75) is 30.6 Å². The minimum atomic E-state index is -0.961. The van der Waals surface area contributed by atoms with E-state index in [1.807, 2.05) is 32.0 Å². The number of rotatable bonds is 3. The van der Waals surface area contributed by atoms with Crippen LogP contribution >= 0.6 is 23.4 Å². The standard InChI is InChI=1S/C15H14ClNO2S/c1-8-4-5-11(16)7-12(8)20-13-6-9(2)17-10(3)14(13)15(18)19/h4-7H,1-3H3,(H,18,19). The van der Waals surface area contributed by atoms with Gasteiger partial charge in [-0.05, 0) is 44.5 Å². The second-order valence-corrected chi connectivity index (χ2v) is 6.06. The van der Waals surface area contributed by atoms with E-state index in [2.05, 4.69) is 4.98 Å². The molecular formula is C15H14ClNO2S. The van der Waals surface area contributed by atoms with Gasteiger partial charge in [0.25, 0.3) is 0 Å². The van der Waals surface area contributed by atoms with Gasteiger partial charge >= 0.3 is 5.97 Å². The number of carboxylic acid groups (broad SMARTS) is 1. The van der Waals surface area contributed by atoms with Crippen LogP contribution in [0.15, 0.2) is 34.1 Å². The highest BCUT2D eigenvalue weighted by Gasteiger charge is 2.17. The van der Waals surface area contributed by atoms with Gasteiger partial charge in [-0.1, -0.05) is 29.4 Å². The maximum Gasteiger partial charge on any atom is 0.338 e. The van der Waals surface area contributed by atoms with Gasteiger partial charge in [0.05, 0.1) is 11.3 Å². The van der Waals surface area contributed by atoms with Crippen LogP contribution in [0.3, 0.4) is 0 Å². The molecule has 0 aliphatic rings. The normalized spacial score (nSPS) is 10.6. The average molecular weight is 308 g/mol. The van der Waals surface area contributed by atoms with E-state index in [1.54, 1.807) is 13.0 Å². The Hall–Kier alpha value is -1.52. The molecule has 5 heteroatoms. The van der Waals surface area contributed by atoms with Crippen molar-refractivity contribution >= 4 is 29.3 Å². The Morgan fingerprint density at radius 2 is 1.90 bits per heavy atom. The molecule has 1 heterocycles. The monoisotopic (exact) mass is 307 g/mol. The topological polar surface area (TPSA) is 50.2 Å². The molecule has 104 valence electrons. The molecule has 0 aliphatic heterocycles. The largest absolute Gasteiger partial charge is 0.478 e. The zero-order valence-corrected chi connectivity index (χ0v) is 13.0. The zero-order valence-electron chi connectivity index (χ0n) is 11.4. The van der Waals surface area contributed by atoms with Crippen molar-refractivity contribution in [1.29, 1.82) is 0 Å². The fourth-order valence-electron chi connectivity index (χ4n) is 1.94. The Labute approximate surface area is 127 Å². The second kappa shape index (κ2) is 5.85. The molecule has 20 heavy (non-hydrogen) atoms. The molecule has 0 fully saturated rings. The van der Waals surface area contributed by atoms with Crippen LogP contribution in [0.2, 0.25) is 5.02 Å². The maximum atomic E-state index is 11.4. The number of aromatic nitrogens is 1. The summed E-state index contributed by atoms with van der Waals surface area (Å²) in [6, 6.07) is 7.38. The molecule has 1 aromatic heterocycles. The summed E-state index contributed by atoms with van der Waals surface area (Å²) in [5.74, 6) is -0.961. The van der Waals surface area contributed by atoms with Gasteiger partial charge in [0.15, 0.2) is 0 Å². The van der Waals surface area contributed by atoms with Gasteiger partial charge in [0.2, 0.25) is 0 Å². The quantitative estimate of drug-likeness (QED) is 0.906. The molecule has 0 saturated carbocycles. The Kier molecular flexibility index (Phi) is 4.35. The summed E-state index contributed by atoms with van der Waals surface area (Å²) in [6.07, 6.45) is 0. The molecule has 0 bridgehead atoms. The fourth-order valence-corrected chi connectivity index (χ4v) is 3.39. The van der Waals surface area contributed by atoms with Gasteiger partial charge in [0, 0.05) is 20.5 Å². The van der Waals surface area contributed by atoms with Gasteiger partial charge in [-0.15, -0.1) is 0 Å². The van der Waals surface area contributed by atoms with Crippen LogP contribution in [0, 0.1) is 20.8 Å². The molecule has 0 spiro atoms. The third-order valence-electron chi connectivity index (χ3n) is 2.88. The van der Waals surface area contributed by atoms with E-state index in [0.717, 1.165) is 16.2 Å². The molecular weight excluding hydrogens is 294 g/mol. The van der Waals surface area contributed by atoms with Crippen molar-refractivity contribution in [3.05, 3.63) is 51.8 Å². The molecule has 0 radical (unpaired) electrons. The van der Waals surface area contributed by atoms with E-state index >= 15 is 0 Å². The van der Waals surface area contributed by atoms with Crippen LogP contribution in [0.5, 0.6) is 0 Å². The third-order valence-corrected chi connectivity index (χ3v) is 4.31. The average Bonchev–Trinajstić information content (AvgIpc) is 2.32. The molecule has 2 rings (SSSR count). The number of nitrogens with zero attached hydrogens (tertiary/aromatic N) is 1. The number of aryl methyl sites for hydroxylation is 3.